The third kappa shape index (κ3) is 2.46. The van der Waals surface area contributed by atoms with E-state index in [0.29, 0.717) is 6.42 Å². The number of aliphatic hydroxyl groups excluding tert-OH is 1. The first-order chi connectivity index (χ1) is 10.0. The number of hydrogen-bond donors (Lipinski definition) is 1. The Morgan fingerprint density at radius 2 is 1.71 bits per heavy atom. The van der Waals surface area contributed by atoms with Crippen LogP contribution in [0.4, 0.5) is 4.39 Å². The predicted molar refractivity (Wildman–Crippen MR) is 84.4 cm³/mol. The van der Waals surface area contributed by atoms with Gasteiger partial charge in [0.2, 0.25) is 0 Å². The van der Waals surface area contributed by atoms with Crippen LogP contribution in [0.25, 0.3) is 0 Å². The average molecular weight is 353 g/mol. The van der Waals surface area contributed by atoms with E-state index in [1.165, 1.54) is 44.6 Å². The molecule has 3 heteroatoms. The molecule has 1 atom stereocenters. The molecule has 114 valence electrons. The van der Waals surface area contributed by atoms with Gasteiger partial charge >= 0.3 is 0 Å². The van der Waals surface area contributed by atoms with Crippen LogP contribution < -0.4 is 0 Å². The summed E-state index contributed by atoms with van der Waals surface area (Å²) in [5.41, 5.74) is 1.01. The molecule has 1 aromatic carbocycles. The minimum absolute atomic E-state index is 0.112. The summed E-state index contributed by atoms with van der Waals surface area (Å²) in [6, 6.07) is 4.77. The summed E-state index contributed by atoms with van der Waals surface area (Å²) >= 11 is 3.49. The second-order valence-corrected chi connectivity index (χ2v) is 8.59. The van der Waals surface area contributed by atoms with Gasteiger partial charge in [-0.15, -0.1) is 0 Å². The van der Waals surface area contributed by atoms with Gasteiger partial charge in [-0.2, -0.15) is 0 Å². The van der Waals surface area contributed by atoms with Gasteiger partial charge < -0.3 is 5.11 Å². The Balaban J connectivity index is 1.57. The van der Waals surface area contributed by atoms with E-state index in [9.17, 15) is 9.50 Å². The lowest BCUT2D eigenvalue weighted by Gasteiger charge is -2.58. The molecule has 1 N–H and O–H groups in total. The minimum atomic E-state index is -0.330. The first-order valence-corrected chi connectivity index (χ1v) is 8.95. The summed E-state index contributed by atoms with van der Waals surface area (Å²) in [7, 11) is 0. The van der Waals surface area contributed by atoms with Crippen LogP contribution in [-0.2, 0) is 6.42 Å². The van der Waals surface area contributed by atoms with E-state index in [1.54, 1.807) is 12.1 Å². The molecule has 0 heterocycles. The molecule has 0 radical (unpaired) electrons. The summed E-state index contributed by atoms with van der Waals surface area (Å²) < 4.78 is 14.4. The molecule has 4 saturated carbocycles. The van der Waals surface area contributed by atoms with Crippen molar-refractivity contribution in [3.63, 3.8) is 0 Å². The van der Waals surface area contributed by atoms with Crippen molar-refractivity contribution in [1.82, 2.24) is 0 Å². The first-order valence-electron chi connectivity index (χ1n) is 8.16. The van der Waals surface area contributed by atoms with E-state index in [-0.39, 0.29) is 17.3 Å². The highest BCUT2D eigenvalue weighted by Crippen LogP contribution is 2.61. The van der Waals surface area contributed by atoms with Crippen molar-refractivity contribution in [3.8, 4) is 0 Å². The Morgan fingerprint density at radius 1 is 1.14 bits per heavy atom. The maximum Gasteiger partial charge on any atom is 0.123 e. The van der Waals surface area contributed by atoms with Crippen LogP contribution in [0, 0.1) is 29.0 Å². The van der Waals surface area contributed by atoms with Crippen molar-refractivity contribution < 1.29 is 9.50 Å². The summed E-state index contributed by atoms with van der Waals surface area (Å²) in [6.07, 6.45) is 7.96. The van der Waals surface area contributed by atoms with Gasteiger partial charge in [0.15, 0.2) is 0 Å². The van der Waals surface area contributed by atoms with Crippen LogP contribution >= 0.6 is 15.9 Å². The highest BCUT2D eigenvalue weighted by Gasteiger charge is 2.53. The quantitative estimate of drug-likeness (QED) is 0.835. The van der Waals surface area contributed by atoms with Gasteiger partial charge in [0.05, 0.1) is 6.10 Å². The number of halogens is 2. The maximum absolute atomic E-state index is 13.5. The zero-order valence-electron chi connectivity index (χ0n) is 12.2. The van der Waals surface area contributed by atoms with Crippen molar-refractivity contribution in [2.45, 2.75) is 51.0 Å². The number of hydrogen-bond acceptors (Lipinski definition) is 1. The molecule has 0 aromatic heterocycles. The molecule has 0 aliphatic heterocycles. The molecule has 0 saturated heterocycles. The first kappa shape index (κ1) is 14.2. The zero-order chi connectivity index (χ0) is 14.6. The predicted octanol–water partition coefficient (Wildman–Crippen LogP) is 4.71. The highest BCUT2D eigenvalue weighted by molar-refractivity contribution is 9.10. The maximum atomic E-state index is 13.5. The summed E-state index contributed by atoms with van der Waals surface area (Å²) in [6.45, 7) is 0. The third-order valence-electron chi connectivity index (χ3n) is 6.21. The molecular formula is C18H22BrFO. The molecule has 0 spiro atoms. The lowest BCUT2D eigenvalue weighted by Crippen LogP contribution is -2.52. The van der Waals surface area contributed by atoms with E-state index >= 15 is 0 Å². The van der Waals surface area contributed by atoms with Gasteiger partial charge in [0.25, 0.3) is 0 Å². The lowest BCUT2D eigenvalue weighted by molar-refractivity contribution is -0.119. The van der Waals surface area contributed by atoms with Gasteiger partial charge in [-0.25, -0.2) is 4.39 Å². The molecule has 0 amide bonds. The van der Waals surface area contributed by atoms with Crippen LogP contribution in [0.1, 0.15) is 44.1 Å². The van der Waals surface area contributed by atoms with Gasteiger partial charge in [0, 0.05) is 10.9 Å². The molecule has 5 rings (SSSR count). The van der Waals surface area contributed by atoms with Crippen LogP contribution in [0.3, 0.4) is 0 Å². The van der Waals surface area contributed by atoms with Crippen molar-refractivity contribution in [1.29, 1.82) is 0 Å². The van der Waals surface area contributed by atoms with Crippen LogP contribution in [0.2, 0.25) is 0 Å². The van der Waals surface area contributed by atoms with Crippen molar-refractivity contribution in [2.24, 2.45) is 23.2 Å². The Hall–Kier alpha value is -0.410. The van der Waals surface area contributed by atoms with Crippen LogP contribution in [0.15, 0.2) is 22.7 Å². The molecule has 4 aliphatic rings. The van der Waals surface area contributed by atoms with Crippen molar-refractivity contribution in [2.75, 3.05) is 0 Å². The number of benzene rings is 1. The minimum Gasteiger partial charge on any atom is -0.392 e. The second kappa shape index (κ2) is 5.06. The molecule has 1 unspecified atom stereocenters. The van der Waals surface area contributed by atoms with Gasteiger partial charge in [0.1, 0.15) is 5.82 Å². The smallest absolute Gasteiger partial charge is 0.123 e. The molecular weight excluding hydrogens is 331 g/mol. The normalized spacial score (nSPS) is 38.7. The fraction of sp³-hybridized carbons (Fsp3) is 0.667. The largest absolute Gasteiger partial charge is 0.392 e. The Bertz CT molecular complexity index is 521. The van der Waals surface area contributed by atoms with Gasteiger partial charge in [-0.1, -0.05) is 15.9 Å². The van der Waals surface area contributed by atoms with Gasteiger partial charge in [-0.3, -0.25) is 0 Å². The monoisotopic (exact) mass is 352 g/mol. The topological polar surface area (TPSA) is 20.2 Å². The average Bonchev–Trinajstić information content (AvgIpc) is 2.41. The highest BCUT2D eigenvalue weighted by atomic mass is 79.9. The zero-order valence-corrected chi connectivity index (χ0v) is 13.8. The Morgan fingerprint density at radius 3 is 2.29 bits per heavy atom. The second-order valence-electron chi connectivity index (χ2n) is 7.74. The fourth-order valence-corrected chi connectivity index (χ4v) is 6.12. The Labute approximate surface area is 134 Å². The Kier molecular flexibility index (Phi) is 3.42. The van der Waals surface area contributed by atoms with E-state index in [4.69, 9.17) is 0 Å². The van der Waals surface area contributed by atoms with Gasteiger partial charge in [-0.05, 0) is 85.5 Å². The molecule has 4 fully saturated rings. The summed E-state index contributed by atoms with van der Waals surface area (Å²) in [4.78, 5) is 0. The third-order valence-corrected chi connectivity index (χ3v) is 6.99. The van der Waals surface area contributed by atoms with E-state index in [0.717, 1.165) is 27.8 Å². The SMILES string of the molecule is OC(Cc1cc(F)ccc1Br)C12CC3CC(CC(C3)C1)C2. The van der Waals surface area contributed by atoms with E-state index in [2.05, 4.69) is 15.9 Å². The molecule has 4 aliphatic carbocycles. The molecule has 4 bridgehead atoms. The van der Waals surface area contributed by atoms with Crippen molar-refractivity contribution in [3.05, 3.63) is 34.1 Å². The summed E-state index contributed by atoms with van der Waals surface area (Å²) in [5, 5.41) is 10.9. The molecule has 21 heavy (non-hydrogen) atoms. The molecule has 1 aromatic rings. The summed E-state index contributed by atoms with van der Waals surface area (Å²) in [5.74, 6) is 2.29. The van der Waals surface area contributed by atoms with Crippen LogP contribution in [0.5, 0.6) is 0 Å². The van der Waals surface area contributed by atoms with E-state index < -0.39 is 0 Å². The van der Waals surface area contributed by atoms with Crippen LogP contribution in [-0.4, -0.2) is 11.2 Å². The standard InChI is InChI=1S/C18H22BrFO/c19-16-2-1-15(20)6-14(16)7-17(21)18-8-11-3-12(9-18)5-13(4-11)10-18/h1-2,6,11-13,17,21H,3-5,7-10H2. The lowest BCUT2D eigenvalue weighted by atomic mass is 9.48. The number of rotatable bonds is 3. The fourth-order valence-electron chi connectivity index (χ4n) is 5.71. The number of aliphatic hydroxyl groups is 1. The van der Waals surface area contributed by atoms with E-state index in [1.807, 2.05) is 0 Å². The van der Waals surface area contributed by atoms with Crippen molar-refractivity contribution >= 4 is 15.9 Å². The molecule has 1 nitrogen and oxygen atoms in total.